The van der Waals surface area contributed by atoms with Crippen LogP contribution in [0.3, 0.4) is 0 Å². The number of esters is 1. The van der Waals surface area contributed by atoms with Gasteiger partial charge in [0.2, 0.25) is 0 Å². The molecule has 0 aliphatic carbocycles. The SMILES string of the molecule is CC(C)N(COC(=O)c1ccccc1)C(=O)c1ccccc1. The van der Waals surface area contributed by atoms with Crippen LogP contribution in [0, 0.1) is 0 Å². The molecule has 4 heteroatoms. The Labute approximate surface area is 130 Å². The van der Waals surface area contributed by atoms with Crippen LogP contribution in [0.25, 0.3) is 0 Å². The van der Waals surface area contributed by atoms with Crippen molar-refractivity contribution in [2.45, 2.75) is 19.9 Å². The topological polar surface area (TPSA) is 46.6 Å². The van der Waals surface area contributed by atoms with Crippen LogP contribution in [-0.2, 0) is 4.74 Å². The zero-order valence-corrected chi connectivity index (χ0v) is 12.7. The lowest BCUT2D eigenvalue weighted by atomic mass is 10.2. The van der Waals surface area contributed by atoms with Gasteiger partial charge in [0, 0.05) is 11.6 Å². The summed E-state index contributed by atoms with van der Waals surface area (Å²) in [6.07, 6.45) is 0. The second-order valence-corrected chi connectivity index (χ2v) is 5.16. The van der Waals surface area contributed by atoms with Crippen LogP contribution in [0.1, 0.15) is 34.6 Å². The Kier molecular flexibility index (Phi) is 5.31. The van der Waals surface area contributed by atoms with Crippen molar-refractivity contribution in [3.63, 3.8) is 0 Å². The summed E-state index contributed by atoms with van der Waals surface area (Å²) in [6, 6.07) is 17.6. The number of hydrogen-bond donors (Lipinski definition) is 0. The normalized spacial score (nSPS) is 10.3. The first kappa shape index (κ1) is 15.8. The number of benzene rings is 2. The van der Waals surface area contributed by atoms with Gasteiger partial charge in [0.25, 0.3) is 5.91 Å². The molecule has 2 aromatic carbocycles. The van der Waals surface area contributed by atoms with E-state index in [1.54, 1.807) is 36.4 Å². The molecule has 0 spiro atoms. The lowest BCUT2D eigenvalue weighted by Crippen LogP contribution is -2.39. The third-order valence-corrected chi connectivity index (χ3v) is 3.25. The second kappa shape index (κ2) is 7.41. The second-order valence-electron chi connectivity index (χ2n) is 5.16. The van der Waals surface area contributed by atoms with Crippen LogP contribution in [0.5, 0.6) is 0 Å². The number of hydrogen-bond acceptors (Lipinski definition) is 3. The summed E-state index contributed by atoms with van der Waals surface area (Å²) in [7, 11) is 0. The third kappa shape index (κ3) is 3.95. The van der Waals surface area contributed by atoms with E-state index in [1.807, 2.05) is 38.1 Å². The lowest BCUT2D eigenvalue weighted by Gasteiger charge is -2.26. The van der Waals surface area contributed by atoms with Gasteiger partial charge in [-0.25, -0.2) is 4.79 Å². The maximum atomic E-state index is 12.5. The van der Waals surface area contributed by atoms with Crippen LogP contribution in [0.2, 0.25) is 0 Å². The Hall–Kier alpha value is -2.62. The number of ether oxygens (including phenoxy) is 1. The largest absolute Gasteiger partial charge is 0.441 e. The molecule has 0 saturated heterocycles. The summed E-state index contributed by atoms with van der Waals surface area (Å²) in [5, 5.41) is 0. The van der Waals surface area contributed by atoms with Crippen molar-refractivity contribution in [1.82, 2.24) is 4.90 Å². The van der Waals surface area contributed by atoms with Gasteiger partial charge >= 0.3 is 5.97 Å². The molecule has 0 atom stereocenters. The minimum atomic E-state index is -0.438. The van der Waals surface area contributed by atoms with Gasteiger partial charge in [0.05, 0.1) is 5.56 Å². The van der Waals surface area contributed by atoms with Crippen LogP contribution in [0.4, 0.5) is 0 Å². The van der Waals surface area contributed by atoms with Gasteiger partial charge in [0.1, 0.15) is 0 Å². The first-order valence-electron chi connectivity index (χ1n) is 7.18. The monoisotopic (exact) mass is 297 g/mol. The van der Waals surface area contributed by atoms with Crippen molar-refractivity contribution in [3.05, 3.63) is 71.8 Å². The Morgan fingerprint density at radius 1 is 0.909 bits per heavy atom. The molecule has 0 N–H and O–H groups in total. The predicted octanol–water partition coefficient (Wildman–Crippen LogP) is 3.35. The smallest absolute Gasteiger partial charge is 0.339 e. The summed E-state index contributed by atoms with van der Waals surface area (Å²) in [5.74, 6) is -0.594. The summed E-state index contributed by atoms with van der Waals surface area (Å²) < 4.78 is 5.26. The summed E-state index contributed by atoms with van der Waals surface area (Å²) in [4.78, 5) is 26.0. The van der Waals surface area contributed by atoms with Crippen molar-refractivity contribution in [2.75, 3.05) is 6.73 Å². The molecular formula is C18H19NO3. The Morgan fingerprint density at radius 3 is 1.91 bits per heavy atom. The molecule has 2 rings (SSSR count). The molecule has 0 aromatic heterocycles. The van der Waals surface area contributed by atoms with Crippen molar-refractivity contribution in [3.8, 4) is 0 Å². The fourth-order valence-electron chi connectivity index (χ4n) is 1.97. The van der Waals surface area contributed by atoms with Crippen LogP contribution in [0.15, 0.2) is 60.7 Å². The van der Waals surface area contributed by atoms with Gasteiger partial charge in [-0.15, -0.1) is 0 Å². The Bertz CT molecular complexity index is 623. The molecule has 0 unspecified atom stereocenters. The van der Waals surface area contributed by atoms with E-state index in [9.17, 15) is 9.59 Å². The van der Waals surface area contributed by atoms with Gasteiger partial charge in [-0.3, -0.25) is 4.79 Å². The molecule has 4 nitrogen and oxygen atoms in total. The number of carbonyl (C=O) groups is 2. The van der Waals surface area contributed by atoms with Gasteiger partial charge in [-0.1, -0.05) is 36.4 Å². The molecule has 0 fully saturated rings. The Morgan fingerprint density at radius 2 is 1.41 bits per heavy atom. The van der Waals surface area contributed by atoms with E-state index >= 15 is 0 Å². The van der Waals surface area contributed by atoms with Crippen molar-refractivity contribution in [1.29, 1.82) is 0 Å². The average Bonchev–Trinajstić information content (AvgIpc) is 2.56. The fraction of sp³-hybridized carbons (Fsp3) is 0.222. The number of rotatable bonds is 5. The van der Waals surface area contributed by atoms with E-state index in [-0.39, 0.29) is 18.7 Å². The molecule has 0 heterocycles. The standard InChI is InChI=1S/C18H19NO3/c1-14(2)19(17(20)15-9-5-3-6-10-15)13-22-18(21)16-11-7-4-8-12-16/h3-12,14H,13H2,1-2H3. The zero-order valence-electron chi connectivity index (χ0n) is 12.7. The van der Waals surface area contributed by atoms with E-state index in [2.05, 4.69) is 0 Å². The zero-order chi connectivity index (χ0) is 15.9. The minimum absolute atomic E-state index is 0.0703. The van der Waals surface area contributed by atoms with Crippen LogP contribution < -0.4 is 0 Å². The highest BCUT2D eigenvalue weighted by Crippen LogP contribution is 2.10. The molecular weight excluding hydrogens is 278 g/mol. The van der Waals surface area contributed by atoms with Crippen LogP contribution >= 0.6 is 0 Å². The highest BCUT2D eigenvalue weighted by atomic mass is 16.5. The summed E-state index contributed by atoms with van der Waals surface area (Å²) in [6.45, 7) is 3.70. The van der Waals surface area contributed by atoms with Gasteiger partial charge < -0.3 is 9.64 Å². The molecule has 0 aliphatic heterocycles. The summed E-state index contributed by atoms with van der Waals surface area (Å²) >= 11 is 0. The highest BCUT2D eigenvalue weighted by molar-refractivity contribution is 5.94. The van der Waals surface area contributed by atoms with E-state index in [1.165, 1.54) is 4.90 Å². The molecule has 2 aromatic rings. The van der Waals surface area contributed by atoms with Gasteiger partial charge in [0.15, 0.2) is 6.73 Å². The lowest BCUT2D eigenvalue weighted by molar-refractivity contribution is 0.0145. The van der Waals surface area contributed by atoms with E-state index in [0.29, 0.717) is 11.1 Å². The third-order valence-electron chi connectivity index (χ3n) is 3.25. The van der Waals surface area contributed by atoms with Crippen molar-refractivity contribution >= 4 is 11.9 Å². The maximum Gasteiger partial charge on any atom is 0.339 e. The molecule has 22 heavy (non-hydrogen) atoms. The molecule has 1 amide bonds. The Balaban J connectivity index is 2.04. The number of amides is 1. The predicted molar refractivity (Wildman–Crippen MR) is 84.5 cm³/mol. The van der Waals surface area contributed by atoms with E-state index in [4.69, 9.17) is 4.74 Å². The van der Waals surface area contributed by atoms with Gasteiger partial charge in [-0.2, -0.15) is 0 Å². The first-order chi connectivity index (χ1) is 10.6. The highest BCUT2D eigenvalue weighted by Gasteiger charge is 2.20. The van der Waals surface area contributed by atoms with Crippen molar-refractivity contribution < 1.29 is 14.3 Å². The molecule has 0 bridgehead atoms. The van der Waals surface area contributed by atoms with Crippen LogP contribution in [-0.4, -0.2) is 29.5 Å². The fourth-order valence-corrected chi connectivity index (χ4v) is 1.97. The number of carbonyl (C=O) groups excluding carboxylic acids is 2. The first-order valence-corrected chi connectivity index (χ1v) is 7.18. The van der Waals surface area contributed by atoms with E-state index in [0.717, 1.165) is 0 Å². The van der Waals surface area contributed by atoms with Crippen molar-refractivity contribution in [2.24, 2.45) is 0 Å². The molecule has 114 valence electrons. The maximum absolute atomic E-state index is 12.5. The van der Waals surface area contributed by atoms with Gasteiger partial charge in [-0.05, 0) is 38.1 Å². The quantitative estimate of drug-likeness (QED) is 0.628. The average molecular weight is 297 g/mol. The molecule has 0 radical (unpaired) electrons. The summed E-state index contributed by atoms with van der Waals surface area (Å²) in [5.41, 5.74) is 1.05. The number of nitrogens with zero attached hydrogens (tertiary/aromatic N) is 1. The van der Waals surface area contributed by atoms with E-state index < -0.39 is 5.97 Å². The molecule has 0 aliphatic rings. The minimum Gasteiger partial charge on any atom is -0.441 e. The molecule has 0 saturated carbocycles.